The van der Waals surface area contributed by atoms with Crippen molar-refractivity contribution in [2.75, 3.05) is 25.5 Å². The molecule has 0 bridgehead atoms. The number of hydrogen-bond acceptors (Lipinski definition) is 3. The van der Waals surface area contributed by atoms with Crippen LogP contribution in [-0.2, 0) is 9.59 Å². The Morgan fingerprint density at radius 3 is 2.61 bits per heavy atom. The van der Waals surface area contributed by atoms with E-state index in [0.717, 1.165) is 17.0 Å². The number of halogens is 2. The molecule has 0 aliphatic rings. The number of likely N-dealkylation sites (N-methyl/N-ethyl adjacent to an activating group) is 1. The summed E-state index contributed by atoms with van der Waals surface area (Å²) in [7, 11) is 1.32. The largest absolute Gasteiger partial charge is 0.395 e. The summed E-state index contributed by atoms with van der Waals surface area (Å²) in [4.78, 5) is 23.8. The van der Waals surface area contributed by atoms with Crippen molar-refractivity contribution in [3.8, 4) is 0 Å². The lowest BCUT2D eigenvalue weighted by Gasteiger charge is -2.15. The summed E-state index contributed by atoms with van der Waals surface area (Å²) in [6.07, 6.45) is 0. The van der Waals surface area contributed by atoms with E-state index < -0.39 is 23.4 Å². The van der Waals surface area contributed by atoms with Crippen LogP contribution in [0.4, 0.5) is 14.5 Å². The molecule has 0 heterocycles. The minimum absolute atomic E-state index is 0.0157. The zero-order chi connectivity index (χ0) is 13.7. The maximum atomic E-state index is 13.2. The van der Waals surface area contributed by atoms with Gasteiger partial charge >= 0.3 is 11.8 Å². The van der Waals surface area contributed by atoms with Crippen molar-refractivity contribution in [1.29, 1.82) is 0 Å². The molecular formula is C11H12F2N2O3. The minimum Gasteiger partial charge on any atom is -0.395 e. The van der Waals surface area contributed by atoms with Crippen LogP contribution < -0.4 is 5.32 Å². The second kappa shape index (κ2) is 6.06. The van der Waals surface area contributed by atoms with Gasteiger partial charge in [-0.2, -0.15) is 0 Å². The molecule has 7 heteroatoms. The summed E-state index contributed by atoms with van der Waals surface area (Å²) in [5.74, 6) is -3.74. The summed E-state index contributed by atoms with van der Waals surface area (Å²) >= 11 is 0. The molecule has 2 amide bonds. The van der Waals surface area contributed by atoms with Crippen LogP contribution in [0.25, 0.3) is 0 Å². The molecule has 1 aromatic carbocycles. The van der Waals surface area contributed by atoms with E-state index in [9.17, 15) is 18.4 Å². The van der Waals surface area contributed by atoms with Gasteiger partial charge in [-0.15, -0.1) is 0 Å². The molecule has 0 atom stereocenters. The Morgan fingerprint density at radius 2 is 2.06 bits per heavy atom. The molecule has 2 N–H and O–H groups in total. The van der Waals surface area contributed by atoms with Gasteiger partial charge in [0.1, 0.15) is 11.6 Å². The van der Waals surface area contributed by atoms with E-state index in [0.29, 0.717) is 6.07 Å². The molecule has 0 aliphatic carbocycles. The summed E-state index contributed by atoms with van der Waals surface area (Å²) in [6, 6.07) is 2.57. The third-order valence-corrected chi connectivity index (χ3v) is 2.16. The highest BCUT2D eigenvalue weighted by atomic mass is 19.1. The summed E-state index contributed by atoms with van der Waals surface area (Å²) in [6.45, 7) is -0.307. The molecule has 18 heavy (non-hydrogen) atoms. The third kappa shape index (κ3) is 3.49. The van der Waals surface area contributed by atoms with E-state index in [1.54, 1.807) is 0 Å². The Balaban J connectivity index is 2.72. The molecule has 0 saturated heterocycles. The predicted molar refractivity (Wildman–Crippen MR) is 59.7 cm³/mol. The number of rotatable bonds is 3. The van der Waals surface area contributed by atoms with Crippen LogP contribution in [0.2, 0.25) is 0 Å². The molecule has 0 aromatic heterocycles. The van der Waals surface area contributed by atoms with E-state index in [1.165, 1.54) is 7.05 Å². The van der Waals surface area contributed by atoms with E-state index in [1.807, 2.05) is 5.32 Å². The van der Waals surface area contributed by atoms with Crippen LogP contribution in [0, 0.1) is 11.6 Å². The van der Waals surface area contributed by atoms with Gasteiger partial charge in [0, 0.05) is 19.7 Å². The van der Waals surface area contributed by atoms with Crippen molar-refractivity contribution in [2.45, 2.75) is 0 Å². The van der Waals surface area contributed by atoms with Crippen molar-refractivity contribution >= 4 is 17.5 Å². The average Bonchev–Trinajstić information content (AvgIpc) is 2.32. The first-order valence-corrected chi connectivity index (χ1v) is 5.08. The van der Waals surface area contributed by atoms with Gasteiger partial charge < -0.3 is 15.3 Å². The number of benzene rings is 1. The highest BCUT2D eigenvalue weighted by Crippen LogP contribution is 2.14. The molecule has 0 spiro atoms. The van der Waals surface area contributed by atoms with Crippen LogP contribution in [0.15, 0.2) is 18.2 Å². The van der Waals surface area contributed by atoms with Crippen molar-refractivity contribution in [3.05, 3.63) is 29.8 Å². The van der Waals surface area contributed by atoms with Crippen molar-refractivity contribution in [2.24, 2.45) is 0 Å². The number of aliphatic hydroxyl groups excluding tert-OH is 1. The molecule has 0 fully saturated rings. The molecule has 98 valence electrons. The molecule has 5 nitrogen and oxygen atoms in total. The molecule has 0 unspecified atom stereocenters. The second-order valence-corrected chi connectivity index (χ2v) is 3.53. The lowest BCUT2D eigenvalue weighted by molar-refractivity contribution is -0.142. The Kier molecular flexibility index (Phi) is 4.73. The number of hydrogen-bond donors (Lipinski definition) is 2. The highest BCUT2D eigenvalue weighted by Gasteiger charge is 2.19. The average molecular weight is 258 g/mol. The van der Waals surface area contributed by atoms with Gasteiger partial charge in [-0.3, -0.25) is 9.59 Å². The fraction of sp³-hybridized carbons (Fsp3) is 0.273. The smallest absolute Gasteiger partial charge is 0.313 e. The lowest BCUT2D eigenvalue weighted by atomic mass is 10.3. The Hall–Kier alpha value is -2.02. The SMILES string of the molecule is CN(CCO)C(=O)C(=O)Nc1ccc(F)cc1F. The van der Waals surface area contributed by atoms with Crippen LogP contribution >= 0.6 is 0 Å². The lowest BCUT2D eigenvalue weighted by Crippen LogP contribution is -2.38. The zero-order valence-electron chi connectivity index (χ0n) is 9.61. The Bertz CT molecular complexity index is 466. The van der Waals surface area contributed by atoms with Crippen LogP contribution in [0.5, 0.6) is 0 Å². The van der Waals surface area contributed by atoms with Gasteiger partial charge in [-0.05, 0) is 12.1 Å². The van der Waals surface area contributed by atoms with E-state index in [-0.39, 0.29) is 18.8 Å². The fourth-order valence-corrected chi connectivity index (χ4v) is 1.19. The predicted octanol–water partition coefficient (Wildman–Crippen LogP) is 0.354. The Morgan fingerprint density at radius 1 is 1.39 bits per heavy atom. The van der Waals surface area contributed by atoms with Gasteiger partial charge in [0.25, 0.3) is 0 Å². The Labute approximate surface area is 102 Å². The number of nitrogens with one attached hydrogen (secondary N) is 1. The monoisotopic (exact) mass is 258 g/mol. The van der Waals surface area contributed by atoms with Gasteiger partial charge in [-0.1, -0.05) is 0 Å². The number of aliphatic hydroxyl groups is 1. The highest BCUT2D eigenvalue weighted by molar-refractivity contribution is 6.39. The van der Waals surface area contributed by atoms with Crippen LogP contribution in [-0.4, -0.2) is 42.0 Å². The molecule has 0 radical (unpaired) electrons. The first-order chi connectivity index (χ1) is 8.45. The molecule has 0 saturated carbocycles. The topological polar surface area (TPSA) is 69.6 Å². The summed E-state index contributed by atoms with van der Waals surface area (Å²) in [5, 5.41) is 10.6. The molecule has 0 aliphatic heterocycles. The first kappa shape index (κ1) is 14.0. The van der Waals surface area contributed by atoms with Gasteiger partial charge in [0.15, 0.2) is 0 Å². The van der Waals surface area contributed by atoms with Crippen molar-refractivity contribution in [1.82, 2.24) is 4.90 Å². The standard InChI is InChI=1S/C11H12F2N2O3/c1-15(4-5-16)11(18)10(17)14-9-3-2-7(12)6-8(9)13/h2-3,6,16H,4-5H2,1H3,(H,14,17). The number of anilines is 1. The zero-order valence-corrected chi connectivity index (χ0v) is 9.61. The number of carbonyl (C=O) groups is 2. The van der Waals surface area contributed by atoms with E-state index in [2.05, 4.69) is 0 Å². The first-order valence-electron chi connectivity index (χ1n) is 5.08. The van der Waals surface area contributed by atoms with E-state index in [4.69, 9.17) is 5.11 Å². The molecule has 1 aromatic rings. The summed E-state index contributed by atoms with van der Waals surface area (Å²) in [5.41, 5.74) is -0.285. The van der Waals surface area contributed by atoms with Crippen LogP contribution in [0.3, 0.4) is 0 Å². The third-order valence-electron chi connectivity index (χ3n) is 2.16. The fourth-order valence-electron chi connectivity index (χ4n) is 1.19. The van der Waals surface area contributed by atoms with E-state index >= 15 is 0 Å². The number of amides is 2. The number of carbonyl (C=O) groups excluding carboxylic acids is 2. The van der Waals surface area contributed by atoms with Crippen LogP contribution in [0.1, 0.15) is 0 Å². The quantitative estimate of drug-likeness (QED) is 0.769. The van der Waals surface area contributed by atoms with Gasteiger partial charge in [-0.25, -0.2) is 8.78 Å². The second-order valence-electron chi connectivity index (χ2n) is 3.53. The van der Waals surface area contributed by atoms with Gasteiger partial charge in [0.05, 0.1) is 12.3 Å². The normalized spacial score (nSPS) is 10.0. The maximum Gasteiger partial charge on any atom is 0.313 e. The molecule has 1 rings (SSSR count). The maximum absolute atomic E-state index is 13.2. The molecular weight excluding hydrogens is 246 g/mol. The summed E-state index contributed by atoms with van der Waals surface area (Å²) < 4.78 is 25.8. The minimum atomic E-state index is -1.06. The van der Waals surface area contributed by atoms with Crippen molar-refractivity contribution in [3.63, 3.8) is 0 Å². The van der Waals surface area contributed by atoms with Crippen molar-refractivity contribution < 1.29 is 23.5 Å². The number of nitrogens with zero attached hydrogens (tertiary/aromatic N) is 1. The van der Waals surface area contributed by atoms with Gasteiger partial charge in [0.2, 0.25) is 0 Å².